The molecule has 2 rings (SSSR count). The molecule has 1 N–H and O–H groups in total. The van der Waals surface area contributed by atoms with E-state index >= 15 is 0 Å². The van der Waals surface area contributed by atoms with Crippen LogP contribution in [0.2, 0.25) is 0 Å². The van der Waals surface area contributed by atoms with Crippen LogP contribution in [0.15, 0.2) is 10.6 Å². The second-order valence-electron chi connectivity index (χ2n) is 6.17. The Morgan fingerprint density at radius 1 is 1.43 bits per heavy atom. The zero-order valence-electron chi connectivity index (χ0n) is 13.1. The third-order valence-electron chi connectivity index (χ3n) is 3.69. The van der Waals surface area contributed by atoms with Gasteiger partial charge in [-0.15, -0.1) is 0 Å². The van der Waals surface area contributed by atoms with Crippen molar-refractivity contribution in [3.05, 3.63) is 17.5 Å². The molecule has 1 aliphatic rings. The van der Waals surface area contributed by atoms with E-state index in [0.29, 0.717) is 18.2 Å². The molecule has 1 aromatic rings. The molecule has 0 atom stereocenters. The van der Waals surface area contributed by atoms with Crippen LogP contribution in [-0.2, 0) is 6.42 Å². The van der Waals surface area contributed by atoms with Crippen LogP contribution in [0.4, 0.5) is 0 Å². The Hall–Kier alpha value is -0.970. The van der Waals surface area contributed by atoms with Gasteiger partial charge in [0.2, 0.25) is 5.76 Å². The third-order valence-corrected chi connectivity index (χ3v) is 5.08. The number of hydrogen-bond acceptors (Lipinski definition) is 4. The number of nitrogens with zero attached hydrogens (tertiary/aromatic N) is 1. The highest BCUT2D eigenvalue weighted by atomic mass is 32.2. The molecule has 0 aliphatic heterocycles. The Balaban J connectivity index is 1.65. The molecule has 1 fully saturated rings. The summed E-state index contributed by atoms with van der Waals surface area (Å²) in [4.78, 5) is 11.9. The summed E-state index contributed by atoms with van der Waals surface area (Å²) in [5, 5.41) is 7.64. The Kier molecular flexibility index (Phi) is 6.61. The predicted molar refractivity (Wildman–Crippen MR) is 86.7 cm³/mol. The summed E-state index contributed by atoms with van der Waals surface area (Å²) < 4.78 is 5.11. The lowest BCUT2D eigenvalue weighted by Crippen LogP contribution is -2.26. The lowest BCUT2D eigenvalue weighted by atomic mass is 10.0. The van der Waals surface area contributed by atoms with Crippen molar-refractivity contribution in [3.8, 4) is 0 Å². The zero-order chi connectivity index (χ0) is 15.1. The van der Waals surface area contributed by atoms with Gasteiger partial charge in [-0.05, 0) is 25.2 Å². The molecule has 118 valence electrons. The van der Waals surface area contributed by atoms with Crippen molar-refractivity contribution in [2.45, 2.75) is 57.6 Å². The van der Waals surface area contributed by atoms with Crippen molar-refractivity contribution in [2.75, 3.05) is 12.3 Å². The number of rotatable bonds is 7. The third kappa shape index (κ3) is 5.73. The van der Waals surface area contributed by atoms with Gasteiger partial charge in [-0.25, -0.2) is 0 Å². The van der Waals surface area contributed by atoms with Crippen LogP contribution in [0.25, 0.3) is 0 Å². The van der Waals surface area contributed by atoms with Crippen molar-refractivity contribution in [1.82, 2.24) is 10.5 Å². The fraction of sp³-hybridized carbons (Fsp3) is 0.750. The van der Waals surface area contributed by atoms with Crippen LogP contribution in [0.3, 0.4) is 0 Å². The second-order valence-corrected chi connectivity index (χ2v) is 7.58. The minimum absolute atomic E-state index is 0.151. The first-order valence-corrected chi connectivity index (χ1v) is 9.05. The fourth-order valence-corrected chi connectivity index (χ4v) is 3.86. The number of carbonyl (C=O) groups is 1. The Morgan fingerprint density at radius 3 is 2.90 bits per heavy atom. The Bertz CT molecular complexity index is 439. The molecular weight excluding hydrogens is 284 g/mol. The average molecular weight is 310 g/mol. The molecule has 0 spiro atoms. The minimum atomic E-state index is -0.151. The average Bonchev–Trinajstić information content (AvgIpc) is 2.92. The van der Waals surface area contributed by atoms with Crippen LogP contribution < -0.4 is 5.32 Å². The van der Waals surface area contributed by atoms with E-state index in [1.165, 1.54) is 32.1 Å². The standard InChI is InChI=1S/C16H26N2O2S/c1-12(2)10-13-11-15(20-18-13)16(19)17-8-9-21-14-6-4-3-5-7-14/h11-12,14H,3-10H2,1-2H3,(H,17,19). The van der Waals surface area contributed by atoms with Crippen LogP contribution in [0, 0.1) is 5.92 Å². The molecule has 0 bridgehead atoms. The van der Waals surface area contributed by atoms with E-state index in [9.17, 15) is 4.79 Å². The van der Waals surface area contributed by atoms with Crippen LogP contribution in [0.1, 0.15) is 62.2 Å². The summed E-state index contributed by atoms with van der Waals surface area (Å²) in [6.45, 7) is 4.94. The van der Waals surface area contributed by atoms with Gasteiger partial charge in [0.25, 0.3) is 5.91 Å². The van der Waals surface area contributed by atoms with E-state index in [4.69, 9.17) is 4.52 Å². The number of hydrogen-bond donors (Lipinski definition) is 1. The van der Waals surface area contributed by atoms with Gasteiger partial charge in [0, 0.05) is 23.6 Å². The topological polar surface area (TPSA) is 55.1 Å². The Labute approximate surface area is 131 Å². The van der Waals surface area contributed by atoms with Gasteiger partial charge in [0.15, 0.2) is 0 Å². The van der Waals surface area contributed by atoms with Gasteiger partial charge in [-0.2, -0.15) is 11.8 Å². The van der Waals surface area contributed by atoms with Crippen LogP contribution in [0.5, 0.6) is 0 Å². The number of nitrogens with one attached hydrogen (secondary N) is 1. The highest BCUT2D eigenvalue weighted by molar-refractivity contribution is 7.99. The molecule has 5 heteroatoms. The summed E-state index contributed by atoms with van der Waals surface area (Å²) in [5.41, 5.74) is 0.853. The van der Waals surface area contributed by atoms with Gasteiger partial charge >= 0.3 is 0 Å². The first-order valence-electron chi connectivity index (χ1n) is 8.00. The monoisotopic (exact) mass is 310 g/mol. The van der Waals surface area contributed by atoms with Gasteiger partial charge in [-0.1, -0.05) is 38.3 Å². The molecule has 1 aliphatic carbocycles. The minimum Gasteiger partial charge on any atom is -0.351 e. The molecule has 0 radical (unpaired) electrons. The second kappa shape index (κ2) is 8.47. The SMILES string of the molecule is CC(C)Cc1cc(C(=O)NCCSC2CCCCC2)on1. The predicted octanol–water partition coefficient (Wildman–Crippen LogP) is 3.67. The van der Waals surface area contributed by atoms with E-state index in [2.05, 4.69) is 24.3 Å². The lowest BCUT2D eigenvalue weighted by Gasteiger charge is -2.20. The van der Waals surface area contributed by atoms with Gasteiger partial charge in [0.1, 0.15) is 0 Å². The molecule has 1 heterocycles. The molecule has 0 aromatic carbocycles. The highest BCUT2D eigenvalue weighted by Gasteiger charge is 2.15. The number of thioether (sulfide) groups is 1. The normalized spacial score (nSPS) is 16.3. The highest BCUT2D eigenvalue weighted by Crippen LogP contribution is 2.27. The molecule has 21 heavy (non-hydrogen) atoms. The molecule has 0 saturated heterocycles. The maximum atomic E-state index is 11.9. The first kappa shape index (κ1) is 16.4. The molecule has 1 aromatic heterocycles. The zero-order valence-corrected chi connectivity index (χ0v) is 13.9. The van der Waals surface area contributed by atoms with Gasteiger partial charge in [0.05, 0.1) is 5.69 Å². The number of amides is 1. The summed E-state index contributed by atoms with van der Waals surface area (Å²) in [6, 6.07) is 1.75. The molecule has 1 saturated carbocycles. The largest absolute Gasteiger partial charge is 0.351 e. The summed E-state index contributed by atoms with van der Waals surface area (Å²) in [7, 11) is 0. The lowest BCUT2D eigenvalue weighted by molar-refractivity contribution is 0.0919. The van der Waals surface area contributed by atoms with Crippen molar-refractivity contribution >= 4 is 17.7 Å². The van der Waals surface area contributed by atoms with Gasteiger partial charge in [-0.3, -0.25) is 4.79 Å². The maximum Gasteiger partial charge on any atom is 0.289 e. The molecule has 0 unspecified atom stereocenters. The van der Waals surface area contributed by atoms with E-state index in [1.807, 2.05) is 11.8 Å². The van der Waals surface area contributed by atoms with E-state index in [0.717, 1.165) is 23.1 Å². The van der Waals surface area contributed by atoms with E-state index < -0.39 is 0 Å². The van der Waals surface area contributed by atoms with Crippen LogP contribution >= 0.6 is 11.8 Å². The maximum absolute atomic E-state index is 11.9. The molecule has 4 nitrogen and oxygen atoms in total. The van der Waals surface area contributed by atoms with Crippen molar-refractivity contribution in [1.29, 1.82) is 0 Å². The van der Waals surface area contributed by atoms with Crippen LogP contribution in [-0.4, -0.2) is 28.6 Å². The van der Waals surface area contributed by atoms with E-state index in [1.54, 1.807) is 6.07 Å². The number of aromatic nitrogens is 1. The van der Waals surface area contributed by atoms with Crippen molar-refractivity contribution in [2.24, 2.45) is 5.92 Å². The van der Waals surface area contributed by atoms with Gasteiger partial charge < -0.3 is 9.84 Å². The summed E-state index contributed by atoms with van der Waals surface area (Å²) >= 11 is 1.99. The van der Waals surface area contributed by atoms with E-state index in [-0.39, 0.29) is 5.91 Å². The first-order chi connectivity index (χ1) is 10.1. The van der Waals surface area contributed by atoms with Crippen molar-refractivity contribution < 1.29 is 9.32 Å². The summed E-state index contributed by atoms with van der Waals surface area (Å²) in [6.07, 6.45) is 7.62. The smallest absolute Gasteiger partial charge is 0.289 e. The fourth-order valence-electron chi connectivity index (χ4n) is 2.64. The quantitative estimate of drug-likeness (QED) is 0.781. The Morgan fingerprint density at radius 2 is 2.19 bits per heavy atom. The molecule has 1 amide bonds. The molecular formula is C16H26N2O2S. The number of carbonyl (C=O) groups excluding carboxylic acids is 1. The van der Waals surface area contributed by atoms with Crippen molar-refractivity contribution in [3.63, 3.8) is 0 Å². The summed E-state index contributed by atoms with van der Waals surface area (Å²) in [5.74, 6) is 1.66.